The lowest BCUT2D eigenvalue weighted by molar-refractivity contribution is -0.144. The summed E-state index contributed by atoms with van der Waals surface area (Å²) in [6.07, 6.45) is 3.39. The van der Waals surface area contributed by atoms with Gasteiger partial charge in [0.15, 0.2) is 0 Å². The van der Waals surface area contributed by atoms with Crippen molar-refractivity contribution in [3.8, 4) is 0 Å². The van der Waals surface area contributed by atoms with Crippen LogP contribution in [0.5, 0.6) is 0 Å². The van der Waals surface area contributed by atoms with Gasteiger partial charge in [-0.2, -0.15) is 0 Å². The number of nitrogens with zero attached hydrogens (tertiary/aromatic N) is 2. The van der Waals surface area contributed by atoms with Crippen LogP contribution in [0.2, 0.25) is 0 Å². The summed E-state index contributed by atoms with van der Waals surface area (Å²) in [5.74, 6) is -2.73. The molecule has 1 aromatic heterocycles. The Morgan fingerprint density at radius 3 is 2.41 bits per heavy atom. The molecule has 0 bridgehead atoms. The summed E-state index contributed by atoms with van der Waals surface area (Å²) in [4.78, 5) is 42.3. The number of fused-ring (bicyclic) bond motifs is 1. The van der Waals surface area contributed by atoms with Gasteiger partial charge in [-0.05, 0) is 23.8 Å². The Bertz CT molecular complexity index is 1210. The molecule has 1 atom stereocenters. The number of anilines is 1. The van der Waals surface area contributed by atoms with Gasteiger partial charge in [-0.15, -0.1) is 0 Å². The highest BCUT2D eigenvalue weighted by atomic mass is 16.4. The van der Waals surface area contributed by atoms with Gasteiger partial charge in [-0.25, -0.2) is 4.79 Å². The number of carbonyl (C=O) groups is 3. The number of carbonyl (C=O) groups excluding carboxylic acids is 1. The molecule has 2 aromatic carbocycles. The first kappa shape index (κ1) is 23.2. The summed E-state index contributed by atoms with van der Waals surface area (Å²) < 4.78 is 0. The monoisotopic (exact) mass is 462 g/mol. The zero-order chi connectivity index (χ0) is 24.1. The van der Waals surface area contributed by atoms with Crippen LogP contribution in [0.15, 0.2) is 66.9 Å². The topological polar surface area (TPSA) is 126 Å². The highest BCUT2D eigenvalue weighted by molar-refractivity contribution is 6.03. The summed E-state index contributed by atoms with van der Waals surface area (Å²) in [7, 11) is 0. The van der Waals surface area contributed by atoms with Crippen molar-refractivity contribution in [2.45, 2.75) is 12.6 Å². The molecule has 0 saturated carbocycles. The smallest absolute Gasteiger partial charge is 0.328 e. The fourth-order valence-electron chi connectivity index (χ4n) is 4.28. The van der Waals surface area contributed by atoms with E-state index in [1.165, 1.54) is 5.56 Å². The summed E-state index contributed by atoms with van der Waals surface area (Å²) in [6.45, 7) is 3.59. The van der Waals surface area contributed by atoms with Gasteiger partial charge in [-0.1, -0.05) is 30.3 Å². The quantitative estimate of drug-likeness (QED) is 0.379. The number of aliphatic carboxylic acids is 2. The van der Waals surface area contributed by atoms with Crippen LogP contribution in [0.4, 0.5) is 5.69 Å². The molecule has 0 unspecified atom stereocenters. The number of benzene rings is 2. The summed E-state index contributed by atoms with van der Waals surface area (Å²) in [5, 5.41) is 22.1. The molecule has 1 aliphatic rings. The van der Waals surface area contributed by atoms with Gasteiger partial charge in [0.25, 0.3) is 0 Å². The molecular weight excluding hydrogens is 436 g/mol. The van der Waals surface area contributed by atoms with Gasteiger partial charge < -0.3 is 20.5 Å². The number of aromatic amines is 1. The molecule has 0 radical (unpaired) electrons. The Balaban J connectivity index is 1.50. The van der Waals surface area contributed by atoms with Gasteiger partial charge in [0.1, 0.15) is 6.04 Å². The van der Waals surface area contributed by atoms with E-state index in [0.29, 0.717) is 29.7 Å². The third-order valence-electron chi connectivity index (χ3n) is 5.91. The molecule has 1 aliphatic heterocycles. The van der Waals surface area contributed by atoms with Crippen LogP contribution < -0.4 is 5.32 Å². The summed E-state index contributed by atoms with van der Waals surface area (Å²) >= 11 is 0. The van der Waals surface area contributed by atoms with Crippen LogP contribution in [-0.4, -0.2) is 69.0 Å². The second-order valence-electron chi connectivity index (χ2n) is 8.20. The first-order chi connectivity index (χ1) is 16.4. The van der Waals surface area contributed by atoms with E-state index in [1.807, 2.05) is 23.1 Å². The number of carboxylic acids is 2. The van der Waals surface area contributed by atoms with Gasteiger partial charge in [0, 0.05) is 73.2 Å². The molecule has 176 valence electrons. The predicted octanol–water partition coefficient (Wildman–Crippen LogP) is 2.69. The van der Waals surface area contributed by atoms with Crippen molar-refractivity contribution in [1.29, 1.82) is 0 Å². The second-order valence-corrected chi connectivity index (χ2v) is 8.20. The Kier molecular flexibility index (Phi) is 7.05. The van der Waals surface area contributed by atoms with E-state index in [1.54, 1.807) is 24.4 Å². The third-order valence-corrected chi connectivity index (χ3v) is 5.91. The number of rotatable bonds is 8. The minimum absolute atomic E-state index is 0.449. The molecule has 0 aliphatic carbocycles. The number of amides is 1. The van der Waals surface area contributed by atoms with Crippen LogP contribution in [0.25, 0.3) is 10.9 Å². The molecule has 2 heterocycles. The van der Waals surface area contributed by atoms with Crippen molar-refractivity contribution < 1.29 is 24.6 Å². The van der Waals surface area contributed by atoms with E-state index in [2.05, 4.69) is 27.3 Å². The van der Waals surface area contributed by atoms with Crippen molar-refractivity contribution in [3.05, 3.63) is 78.0 Å². The van der Waals surface area contributed by atoms with E-state index in [0.717, 1.165) is 37.3 Å². The Morgan fingerprint density at radius 1 is 1.00 bits per heavy atom. The summed E-state index contributed by atoms with van der Waals surface area (Å²) in [6, 6.07) is 14.5. The fourth-order valence-corrected chi connectivity index (χ4v) is 4.28. The summed E-state index contributed by atoms with van der Waals surface area (Å²) in [5.41, 5.74) is 3.06. The number of aromatic nitrogens is 1. The van der Waals surface area contributed by atoms with Crippen LogP contribution in [0.3, 0.4) is 0 Å². The van der Waals surface area contributed by atoms with Gasteiger partial charge in [-0.3, -0.25) is 19.4 Å². The maximum absolute atomic E-state index is 12.3. The van der Waals surface area contributed by atoms with Crippen molar-refractivity contribution in [1.82, 2.24) is 14.8 Å². The van der Waals surface area contributed by atoms with Crippen LogP contribution in [0.1, 0.15) is 17.2 Å². The van der Waals surface area contributed by atoms with Gasteiger partial charge in [0.2, 0.25) is 5.91 Å². The number of carboxylic acid groups (broad SMARTS) is 2. The number of piperazine rings is 1. The molecule has 4 rings (SSSR count). The molecule has 9 heteroatoms. The van der Waals surface area contributed by atoms with E-state index in [-0.39, 0.29) is 0 Å². The van der Waals surface area contributed by atoms with Crippen LogP contribution in [-0.2, 0) is 20.9 Å². The highest BCUT2D eigenvalue weighted by Crippen LogP contribution is 2.31. The number of nitrogens with one attached hydrogen (secondary N) is 2. The molecule has 3 aromatic rings. The first-order valence-electron chi connectivity index (χ1n) is 11.0. The molecule has 1 amide bonds. The number of hydrogen-bond donors (Lipinski definition) is 4. The lowest BCUT2D eigenvalue weighted by atomic mass is 10.0. The molecular formula is C25H26N4O5. The van der Waals surface area contributed by atoms with Gasteiger partial charge >= 0.3 is 11.9 Å². The van der Waals surface area contributed by atoms with E-state index < -0.39 is 23.9 Å². The van der Waals surface area contributed by atoms with Crippen molar-refractivity contribution in [2.24, 2.45) is 0 Å². The minimum Gasteiger partial charge on any atom is -0.480 e. The SMILES string of the molecule is O=C(O)/C=C/C(=O)Nc1ccc2[nH]cc([C@H](C(=O)O)N3CCN(Cc4ccccc4)CC3)c2c1. The number of hydrogen-bond acceptors (Lipinski definition) is 5. The lowest BCUT2D eigenvalue weighted by Crippen LogP contribution is -2.48. The maximum Gasteiger partial charge on any atom is 0.328 e. The maximum atomic E-state index is 12.3. The van der Waals surface area contributed by atoms with E-state index in [4.69, 9.17) is 5.11 Å². The Morgan fingerprint density at radius 2 is 1.74 bits per heavy atom. The molecule has 4 N–H and O–H groups in total. The van der Waals surface area contributed by atoms with Crippen molar-refractivity contribution >= 4 is 34.4 Å². The second kappa shape index (κ2) is 10.3. The normalized spacial score (nSPS) is 16.0. The minimum atomic E-state index is -1.22. The fraction of sp³-hybridized carbons (Fsp3) is 0.240. The van der Waals surface area contributed by atoms with Crippen molar-refractivity contribution in [2.75, 3.05) is 31.5 Å². The van der Waals surface area contributed by atoms with Crippen LogP contribution >= 0.6 is 0 Å². The standard InChI is InChI=1S/C25H26N4O5/c30-22(8-9-23(31)32)27-18-6-7-21-19(14-18)20(15-26-21)24(25(33)34)29-12-10-28(11-13-29)16-17-4-2-1-3-5-17/h1-9,14-15,24,26H,10-13,16H2,(H,27,30)(H,31,32)(H,33,34)/b9-8+/t24-/m1/s1. The largest absolute Gasteiger partial charge is 0.480 e. The molecule has 9 nitrogen and oxygen atoms in total. The molecule has 1 saturated heterocycles. The van der Waals surface area contributed by atoms with E-state index in [9.17, 15) is 19.5 Å². The van der Waals surface area contributed by atoms with Crippen molar-refractivity contribution in [3.63, 3.8) is 0 Å². The first-order valence-corrected chi connectivity index (χ1v) is 11.0. The lowest BCUT2D eigenvalue weighted by Gasteiger charge is -2.37. The predicted molar refractivity (Wildman–Crippen MR) is 127 cm³/mol. The highest BCUT2D eigenvalue weighted by Gasteiger charge is 2.32. The number of H-pyrrole nitrogens is 1. The molecule has 0 spiro atoms. The van der Waals surface area contributed by atoms with Crippen LogP contribution in [0, 0.1) is 0 Å². The average molecular weight is 463 g/mol. The van der Waals surface area contributed by atoms with Gasteiger partial charge in [0.05, 0.1) is 0 Å². The molecule has 34 heavy (non-hydrogen) atoms. The zero-order valence-corrected chi connectivity index (χ0v) is 18.5. The van der Waals surface area contributed by atoms with E-state index >= 15 is 0 Å². The molecule has 1 fully saturated rings. The zero-order valence-electron chi connectivity index (χ0n) is 18.5. The Labute approximate surface area is 196 Å². The Hall–Kier alpha value is -3.95. The average Bonchev–Trinajstić information content (AvgIpc) is 3.22. The third kappa shape index (κ3) is 5.51.